The van der Waals surface area contributed by atoms with Crippen molar-refractivity contribution in [2.45, 2.75) is 18.9 Å². The number of nitrogens with one attached hydrogen (secondary N) is 1. The van der Waals surface area contributed by atoms with Crippen LogP contribution in [0.2, 0.25) is 0 Å². The highest BCUT2D eigenvalue weighted by atomic mass is 35.5. The number of hydrogen-bond donors (Lipinski definition) is 1. The first kappa shape index (κ1) is 10.4. The van der Waals surface area contributed by atoms with E-state index in [1.54, 1.807) is 12.3 Å². The van der Waals surface area contributed by atoms with E-state index in [0.29, 0.717) is 0 Å². The molecule has 2 nitrogen and oxygen atoms in total. The van der Waals surface area contributed by atoms with Crippen molar-refractivity contribution in [1.82, 2.24) is 10.3 Å². The Labute approximate surface area is 83.0 Å². The number of rotatable bonds is 1. The maximum atomic E-state index is 13.1. The molecular weight excluding hydrogens is 191 g/mol. The molecule has 2 heterocycles. The van der Waals surface area contributed by atoms with Crippen LogP contribution in [0.15, 0.2) is 18.5 Å². The molecule has 1 aromatic rings. The highest BCUT2D eigenvalue weighted by Gasteiger charge is 2.18. The molecule has 0 saturated carbocycles. The minimum atomic E-state index is -0.197. The lowest BCUT2D eigenvalue weighted by Crippen LogP contribution is -2.14. The molecule has 1 atom stereocenters. The van der Waals surface area contributed by atoms with Gasteiger partial charge in [-0.2, -0.15) is 0 Å². The van der Waals surface area contributed by atoms with Crippen LogP contribution >= 0.6 is 12.4 Å². The summed E-state index contributed by atoms with van der Waals surface area (Å²) in [5.74, 6) is -0.197. The Balaban J connectivity index is 0.000000845. The molecule has 0 aliphatic carbocycles. The van der Waals surface area contributed by atoms with Gasteiger partial charge in [-0.15, -0.1) is 12.4 Å². The summed E-state index contributed by atoms with van der Waals surface area (Å²) in [6.45, 7) is 0.992. The van der Waals surface area contributed by atoms with Gasteiger partial charge in [-0.1, -0.05) is 0 Å². The maximum Gasteiger partial charge on any atom is 0.146 e. The fourth-order valence-corrected chi connectivity index (χ4v) is 1.62. The van der Waals surface area contributed by atoms with E-state index in [4.69, 9.17) is 0 Å². The largest absolute Gasteiger partial charge is 0.310 e. The van der Waals surface area contributed by atoms with Gasteiger partial charge in [-0.3, -0.25) is 4.98 Å². The van der Waals surface area contributed by atoms with E-state index in [1.807, 2.05) is 0 Å². The van der Waals surface area contributed by atoms with Crippen LogP contribution in [-0.4, -0.2) is 11.5 Å². The van der Waals surface area contributed by atoms with Crippen molar-refractivity contribution in [3.63, 3.8) is 0 Å². The normalized spacial score (nSPS) is 21.2. The average Bonchev–Trinajstić information content (AvgIpc) is 2.57. The van der Waals surface area contributed by atoms with Crippen molar-refractivity contribution in [2.75, 3.05) is 6.54 Å². The molecule has 72 valence electrons. The number of aromatic nitrogens is 1. The van der Waals surface area contributed by atoms with Crippen molar-refractivity contribution >= 4 is 12.4 Å². The highest BCUT2D eigenvalue weighted by Crippen LogP contribution is 2.24. The van der Waals surface area contributed by atoms with Crippen molar-refractivity contribution < 1.29 is 4.39 Å². The van der Waals surface area contributed by atoms with Gasteiger partial charge in [0.2, 0.25) is 0 Å². The van der Waals surface area contributed by atoms with Gasteiger partial charge in [0.15, 0.2) is 0 Å². The van der Waals surface area contributed by atoms with Crippen LogP contribution in [0.25, 0.3) is 0 Å². The maximum absolute atomic E-state index is 13.1. The first-order chi connectivity index (χ1) is 5.88. The average molecular weight is 203 g/mol. The Bertz CT molecular complexity index is 274. The summed E-state index contributed by atoms with van der Waals surface area (Å²) < 4.78 is 13.1. The summed E-state index contributed by atoms with van der Waals surface area (Å²) in [5, 5.41) is 3.25. The molecule has 0 radical (unpaired) electrons. The minimum Gasteiger partial charge on any atom is -0.310 e. The Kier molecular flexibility index (Phi) is 3.63. The molecule has 1 N–H and O–H groups in total. The van der Waals surface area contributed by atoms with E-state index in [1.165, 1.54) is 6.20 Å². The summed E-state index contributed by atoms with van der Waals surface area (Å²) >= 11 is 0. The van der Waals surface area contributed by atoms with Gasteiger partial charge in [0, 0.05) is 17.8 Å². The summed E-state index contributed by atoms with van der Waals surface area (Å²) in [7, 11) is 0. The van der Waals surface area contributed by atoms with E-state index < -0.39 is 0 Å². The van der Waals surface area contributed by atoms with Gasteiger partial charge >= 0.3 is 0 Å². The minimum absolute atomic E-state index is 0. The Hall–Kier alpha value is -0.670. The second-order valence-corrected chi connectivity index (χ2v) is 3.05. The Morgan fingerprint density at radius 1 is 1.54 bits per heavy atom. The third-order valence-electron chi connectivity index (χ3n) is 2.24. The molecule has 13 heavy (non-hydrogen) atoms. The molecule has 0 amide bonds. The number of halogens is 2. The molecular formula is C9H12ClFN2. The van der Waals surface area contributed by atoms with Crippen LogP contribution in [0, 0.1) is 5.82 Å². The number of nitrogens with zero attached hydrogens (tertiary/aromatic N) is 1. The molecule has 4 heteroatoms. The first-order valence-electron chi connectivity index (χ1n) is 4.21. The van der Waals surface area contributed by atoms with Crippen LogP contribution in [0.4, 0.5) is 4.39 Å². The van der Waals surface area contributed by atoms with Crippen LogP contribution in [0.3, 0.4) is 0 Å². The van der Waals surface area contributed by atoms with Crippen molar-refractivity contribution in [1.29, 1.82) is 0 Å². The summed E-state index contributed by atoms with van der Waals surface area (Å²) in [6, 6.07) is 1.95. The molecule has 1 saturated heterocycles. The predicted octanol–water partition coefficient (Wildman–Crippen LogP) is 2.07. The summed E-state index contributed by atoms with van der Waals surface area (Å²) in [6.07, 6.45) is 5.07. The molecule has 1 aliphatic rings. The van der Waals surface area contributed by atoms with Gasteiger partial charge in [-0.05, 0) is 25.5 Å². The van der Waals surface area contributed by atoms with E-state index in [-0.39, 0.29) is 24.3 Å². The van der Waals surface area contributed by atoms with Crippen LogP contribution in [0.1, 0.15) is 24.4 Å². The van der Waals surface area contributed by atoms with Crippen LogP contribution in [-0.2, 0) is 0 Å². The summed E-state index contributed by atoms with van der Waals surface area (Å²) in [4.78, 5) is 3.71. The zero-order valence-electron chi connectivity index (χ0n) is 7.16. The molecule has 0 spiro atoms. The number of pyridine rings is 1. The summed E-state index contributed by atoms with van der Waals surface area (Å²) in [5.41, 5.74) is 0.752. The van der Waals surface area contributed by atoms with Crippen molar-refractivity contribution in [3.8, 4) is 0 Å². The smallest absolute Gasteiger partial charge is 0.146 e. The molecule has 0 aromatic carbocycles. The molecule has 1 fully saturated rings. The first-order valence-corrected chi connectivity index (χ1v) is 4.21. The van der Waals surface area contributed by atoms with E-state index in [2.05, 4.69) is 10.3 Å². The fourth-order valence-electron chi connectivity index (χ4n) is 1.62. The third kappa shape index (κ3) is 2.17. The Morgan fingerprint density at radius 2 is 2.38 bits per heavy atom. The topological polar surface area (TPSA) is 24.9 Å². The molecule has 0 bridgehead atoms. The van der Waals surface area contributed by atoms with E-state index in [0.717, 1.165) is 24.9 Å². The zero-order valence-corrected chi connectivity index (χ0v) is 7.98. The van der Waals surface area contributed by atoms with Gasteiger partial charge in [0.05, 0.1) is 6.20 Å². The van der Waals surface area contributed by atoms with Crippen molar-refractivity contribution in [2.24, 2.45) is 0 Å². The third-order valence-corrected chi connectivity index (χ3v) is 2.24. The molecule has 1 aliphatic heterocycles. The second-order valence-electron chi connectivity index (χ2n) is 3.05. The predicted molar refractivity (Wildman–Crippen MR) is 51.4 cm³/mol. The van der Waals surface area contributed by atoms with Crippen LogP contribution < -0.4 is 5.32 Å². The van der Waals surface area contributed by atoms with Gasteiger partial charge in [0.25, 0.3) is 0 Å². The molecule has 1 unspecified atom stereocenters. The lowest BCUT2D eigenvalue weighted by atomic mass is 10.1. The number of hydrogen-bond acceptors (Lipinski definition) is 2. The lowest BCUT2D eigenvalue weighted by Gasteiger charge is -2.10. The monoisotopic (exact) mass is 202 g/mol. The fraction of sp³-hybridized carbons (Fsp3) is 0.444. The van der Waals surface area contributed by atoms with E-state index >= 15 is 0 Å². The standard InChI is InChI=1S/C9H11FN2.ClH/c10-8-6-11-5-3-7(8)9-2-1-4-12-9;/h3,5-6,9,12H,1-2,4H2;1H. The van der Waals surface area contributed by atoms with Crippen molar-refractivity contribution in [3.05, 3.63) is 29.8 Å². The van der Waals surface area contributed by atoms with Crippen LogP contribution in [0.5, 0.6) is 0 Å². The molecule has 2 rings (SSSR count). The zero-order chi connectivity index (χ0) is 8.39. The SMILES string of the molecule is Cl.Fc1cnccc1C1CCCN1. The van der Waals surface area contributed by atoms with E-state index in [9.17, 15) is 4.39 Å². The molecule has 1 aromatic heterocycles. The van der Waals surface area contributed by atoms with Gasteiger partial charge in [0.1, 0.15) is 5.82 Å². The lowest BCUT2D eigenvalue weighted by molar-refractivity contribution is 0.554. The van der Waals surface area contributed by atoms with Gasteiger partial charge in [-0.25, -0.2) is 4.39 Å². The quantitative estimate of drug-likeness (QED) is 0.754. The highest BCUT2D eigenvalue weighted by molar-refractivity contribution is 5.85. The van der Waals surface area contributed by atoms with Gasteiger partial charge < -0.3 is 5.32 Å². The second kappa shape index (κ2) is 4.53. The Morgan fingerprint density at radius 3 is 3.00 bits per heavy atom.